The molecule has 6 aromatic rings. The molecular weight excluding hydrogens is 560 g/mol. The van der Waals surface area contributed by atoms with E-state index in [0.29, 0.717) is 0 Å². The summed E-state index contributed by atoms with van der Waals surface area (Å²) in [4.78, 5) is 19.2. The van der Waals surface area contributed by atoms with Gasteiger partial charge in [0.15, 0.2) is 0 Å². The molecular formula is C42H26N4. The Balaban J connectivity index is 1.14. The highest BCUT2D eigenvalue weighted by Gasteiger charge is 2.41. The molecule has 0 spiro atoms. The van der Waals surface area contributed by atoms with Crippen LogP contribution in [0.1, 0.15) is 11.1 Å². The second kappa shape index (κ2) is 9.75. The highest BCUT2D eigenvalue weighted by Crippen LogP contribution is 2.54. The van der Waals surface area contributed by atoms with E-state index in [1.165, 1.54) is 39.0 Å². The maximum atomic E-state index is 5.16. The van der Waals surface area contributed by atoms with E-state index in [-0.39, 0.29) is 11.8 Å². The predicted octanol–water partition coefficient (Wildman–Crippen LogP) is 9.41. The van der Waals surface area contributed by atoms with Crippen molar-refractivity contribution in [2.45, 2.75) is 0 Å². The van der Waals surface area contributed by atoms with E-state index in [1.807, 2.05) is 42.9 Å². The number of hydrogen-bond acceptors (Lipinski definition) is 4. The Bertz CT molecular complexity index is 2510. The molecule has 46 heavy (non-hydrogen) atoms. The first-order chi connectivity index (χ1) is 22.8. The van der Waals surface area contributed by atoms with Crippen LogP contribution in [0.3, 0.4) is 0 Å². The summed E-state index contributed by atoms with van der Waals surface area (Å²) < 4.78 is 0. The lowest BCUT2D eigenvalue weighted by molar-refractivity contribution is 0.569. The fourth-order valence-electron chi connectivity index (χ4n) is 7.77. The molecule has 4 aliphatic carbocycles. The van der Waals surface area contributed by atoms with Crippen molar-refractivity contribution in [3.05, 3.63) is 179 Å². The first-order valence-electron chi connectivity index (χ1n) is 15.7. The summed E-state index contributed by atoms with van der Waals surface area (Å²) in [5.74, 6) is 0.457. The van der Waals surface area contributed by atoms with Gasteiger partial charge >= 0.3 is 0 Å². The molecule has 10 rings (SSSR count). The third kappa shape index (κ3) is 3.67. The van der Waals surface area contributed by atoms with E-state index in [2.05, 4.69) is 108 Å². The molecule has 0 saturated carbocycles. The van der Waals surface area contributed by atoms with Gasteiger partial charge in [-0.15, -0.1) is 0 Å². The summed E-state index contributed by atoms with van der Waals surface area (Å²) >= 11 is 0. The van der Waals surface area contributed by atoms with Crippen molar-refractivity contribution in [1.29, 1.82) is 0 Å². The van der Waals surface area contributed by atoms with Crippen molar-refractivity contribution in [3.63, 3.8) is 0 Å². The van der Waals surface area contributed by atoms with Gasteiger partial charge < -0.3 is 0 Å². The quantitative estimate of drug-likeness (QED) is 0.153. The molecule has 2 atom stereocenters. The molecule has 0 bridgehead atoms. The van der Waals surface area contributed by atoms with E-state index < -0.39 is 0 Å². The minimum Gasteiger partial charge on any atom is -0.255 e. The van der Waals surface area contributed by atoms with Crippen LogP contribution in [0.4, 0.5) is 0 Å². The van der Waals surface area contributed by atoms with E-state index in [1.54, 1.807) is 0 Å². The van der Waals surface area contributed by atoms with E-state index in [0.717, 1.165) is 49.7 Å². The average molecular weight is 587 g/mol. The number of pyridine rings is 4. The Labute approximate surface area is 265 Å². The van der Waals surface area contributed by atoms with Crippen LogP contribution in [0.2, 0.25) is 0 Å². The third-order valence-corrected chi connectivity index (χ3v) is 9.83. The second-order valence-corrected chi connectivity index (χ2v) is 12.2. The van der Waals surface area contributed by atoms with Crippen LogP contribution >= 0.6 is 0 Å². The molecule has 214 valence electrons. The zero-order valence-corrected chi connectivity index (χ0v) is 24.8. The van der Waals surface area contributed by atoms with Gasteiger partial charge in [-0.1, -0.05) is 97.1 Å². The number of para-hydroxylation sites is 1. The molecule has 0 fully saturated rings. The van der Waals surface area contributed by atoms with Gasteiger partial charge in [-0.2, -0.15) is 0 Å². The van der Waals surface area contributed by atoms with Crippen molar-refractivity contribution in [2.24, 2.45) is 11.8 Å². The molecule has 4 nitrogen and oxygen atoms in total. The number of rotatable bonds is 3. The van der Waals surface area contributed by atoms with Crippen LogP contribution in [0.5, 0.6) is 0 Å². The number of fused-ring (bicyclic) bond motifs is 4. The van der Waals surface area contributed by atoms with Crippen molar-refractivity contribution in [1.82, 2.24) is 19.9 Å². The first kappa shape index (κ1) is 25.3. The van der Waals surface area contributed by atoms with Gasteiger partial charge in [0.05, 0.1) is 27.9 Å². The Hall–Kier alpha value is -6.00. The molecule has 4 heteroatoms. The second-order valence-electron chi connectivity index (χ2n) is 12.2. The topological polar surface area (TPSA) is 51.6 Å². The van der Waals surface area contributed by atoms with Gasteiger partial charge in [0.1, 0.15) is 0 Å². The van der Waals surface area contributed by atoms with Crippen LogP contribution in [0.25, 0.3) is 55.2 Å². The lowest BCUT2D eigenvalue weighted by Gasteiger charge is -2.42. The zero-order valence-electron chi connectivity index (χ0n) is 24.8. The number of aromatic nitrogens is 4. The zero-order chi connectivity index (χ0) is 30.2. The van der Waals surface area contributed by atoms with Gasteiger partial charge in [0, 0.05) is 57.7 Å². The predicted molar refractivity (Wildman–Crippen MR) is 186 cm³/mol. The summed E-state index contributed by atoms with van der Waals surface area (Å²) in [6, 6.07) is 27.2. The largest absolute Gasteiger partial charge is 0.255 e. The van der Waals surface area contributed by atoms with Gasteiger partial charge in [0.2, 0.25) is 0 Å². The summed E-state index contributed by atoms with van der Waals surface area (Å²) in [6.45, 7) is 0. The van der Waals surface area contributed by atoms with Crippen LogP contribution in [-0.2, 0) is 0 Å². The normalized spacial score (nSPS) is 19.6. The van der Waals surface area contributed by atoms with Crippen molar-refractivity contribution in [3.8, 4) is 11.4 Å². The summed E-state index contributed by atoms with van der Waals surface area (Å²) in [5, 5.41) is 3.40. The Morgan fingerprint density at radius 1 is 0.543 bits per heavy atom. The molecule has 0 radical (unpaired) electrons. The third-order valence-electron chi connectivity index (χ3n) is 9.83. The smallest absolute Gasteiger partial charge is 0.0978 e. The fourth-order valence-corrected chi connectivity index (χ4v) is 7.77. The fraction of sp³-hybridized carbons (Fsp3) is 0.0476. The number of nitrogens with zero attached hydrogens (tertiary/aromatic N) is 4. The first-order valence-corrected chi connectivity index (χ1v) is 15.7. The summed E-state index contributed by atoms with van der Waals surface area (Å²) in [6.07, 6.45) is 24.2. The molecule has 0 amide bonds. The molecule has 4 aromatic heterocycles. The van der Waals surface area contributed by atoms with Crippen LogP contribution in [-0.4, -0.2) is 19.9 Å². The Kier molecular flexibility index (Phi) is 5.37. The van der Waals surface area contributed by atoms with Crippen molar-refractivity contribution < 1.29 is 0 Å². The molecule has 0 aliphatic heterocycles. The van der Waals surface area contributed by atoms with Gasteiger partial charge in [0.25, 0.3) is 0 Å². The number of benzene rings is 2. The van der Waals surface area contributed by atoms with Crippen LogP contribution in [0.15, 0.2) is 168 Å². The maximum Gasteiger partial charge on any atom is 0.0978 e. The van der Waals surface area contributed by atoms with Crippen LogP contribution in [0, 0.1) is 11.8 Å². The average Bonchev–Trinajstić information content (AvgIpc) is 3.13. The van der Waals surface area contributed by atoms with E-state index in [4.69, 9.17) is 15.0 Å². The lowest BCUT2D eigenvalue weighted by Crippen LogP contribution is -2.30. The molecule has 2 aromatic carbocycles. The Morgan fingerprint density at radius 3 is 2.30 bits per heavy atom. The minimum atomic E-state index is 0.223. The number of hydrogen-bond donors (Lipinski definition) is 0. The van der Waals surface area contributed by atoms with Crippen LogP contribution < -0.4 is 0 Å². The highest BCUT2D eigenvalue weighted by atomic mass is 14.8. The SMILES string of the molecule is C1=CC2=C(c3c4ccccc4nc4c3ccc3cccnc34)C=CC3=CC=C4C(c5ccc(-c6ccccn6)nc5)=CC=C1C4C32. The monoisotopic (exact) mass is 586 g/mol. The van der Waals surface area contributed by atoms with Crippen molar-refractivity contribution in [2.75, 3.05) is 0 Å². The van der Waals surface area contributed by atoms with Crippen molar-refractivity contribution >= 4 is 43.9 Å². The van der Waals surface area contributed by atoms with E-state index in [9.17, 15) is 0 Å². The standard InChI is InChI=1S/C42H26N4/c1-2-8-35-33(7-1)40(34-20-14-27-6-5-23-44-41(27)42(34)46-35)32-19-13-26-11-17-30-29(16-10-25-12-18-31(32)39(26)38(25)30)28-15-21-37(45-24-28)36-9-3-4-22-43-36/h1-24,38-39H. The van der Waals surface area contributed by atoms with E-state index >= 15 is 0 Å². The lowest BCUT2D eigenvalue weighted by atomic mass is 9.61. The van der Waals surface area contributed by atoms with Gasteiger partial charge in [-0.05, 0) is 63.8 Å². The summed E-state index contributed by atoms with van der Waals surface area (Å²) in [5.41, 5.74) is 14.9. The molecule has 4 aliphatic rings. The van der Waals surface area contributed by atoms with Gasteiger partial charge in [-0.25, -0.2) is 4.98 Å². The highest BCUT2D eigenvalue weighted by molar-refractivity contribution is 6.14. The number of allylic oxidation sites excluding steroid dienone is 14. The minimum absolute atomic E-state index is 0.223. The molecule has 0 saturated heterocycles. The molecule has 0 N–H and O–H groups in total. The molecule has 4 heterocycles. The summed E-state index contributed by atoms with van der Waals surface area (Å²) in [7, 11) is 0. The van der Waals surface area contributed by atoms with Gasteiger partial charge in [-0.3, -0.25) is 15.0 Å². The maximum absolute atomic E-state index is 5.16. The Morgan fingerprint density at radius 2 is 1.39 bits per heavy atom. The molecule has 2 unspecified atom stereocenters.